The maximum absolute atomic E-state index is 2.36. The number of hydrogen-bond acceptors (Lipinski definition) is 2. The van der Waals surface area contributed by atoms with Crippen LogP contribution in [-0.4, -0.2) is 0 Å². The second-order valence-corrected chi connectivity index (χ2v) is 6.67. The topological polar surface area (TPSA) is 0 Å². The first-order valence-corrected chi connectivity index (χ1v) is 8.74. The van der Waals surface area contributed by atoms with Gasteiger partial charge in [-0.1, -0.05) is 39.2 Å². The van der Waals surface area contributed by atoms with Crippen molar-refractivity contribution in [2.45, 2.75) is 51.9 Å². The van der Waals surface area contributed by atoms with E-state index in [0.717, 1.165) is 5.92 Å². The van der Waals surface area contributed by atoms with Crippen molar-refractivity contribution in [1.82, 2.24) is 0 Å². The Morgan fingerprint density at radius 1 is 1.00 bits per heavy atom. The third-order valence-corrected chi connectivity index (χ3v) is 5.40. The Balaban J connectivity index is 2.22. The molecule has 0 fully saturated rings. The fourth-order valence-electron chi connectivity index (χ4n) is 2.50. The van der Waals surface area contributed by atoms with E-state index in [1.807, 2.05) is 22.7 Å². The molecule has 1 atom stereocenters. The van der Waals surface area contributed by atoms with Crippen LogP contribution in [0.4, 0.5) is 0 Å². The summed E-state index contributed by atoms with van der Waals surface area (Å²) in [5, 5.41) is 4.44. The van der Waals surface area contributed by atoms with Gasteiger partial charge < -0.3 is 0 Å². The third-order valence-electron chi connectivity index (χ3n) is 3.42. The standard InChI is InChI=1S/C16H22S2/c1-3-5-8-13(7-4-2)14-10-12-18-16(14)15-9-6-11-17-15/h6,9-13H,3-5,7-8H2,1-2H3. The SMILES string of the molecule is CCCCC(CCC)c1ccsc1-c1cccs1. The van der Waals surface area contributed by atoms with E-state index in [9.17, 15) is 0 Å². The van der Waals surface area contributed by atoms with Gasteiger partial charge in [-0.25, -0.2) is 0 Å². The van der Waals surface area contributed by atoms with Crippen LogP contribution >= 0.6 is 22.7 Å². The molecule has 2 rings (SSSR count). The average molecular weight is 278 g/mol. The highest BCUT2D eigenvalue weighted by molar-refractivity contribution is 7.20. The monoisotopic (exact) mass is 278 g/mol. The highest BCUT2D eigenvalue weighted by atomic mass is 32.1. The Morgan fingerprint density at radius 2 is 1.89 bits per heavy atom. The van der Waals surface area contributed by atoms with Crippen molar-refractivity contribution in [3.05, 3.63) is 34.5 Å². The van der Waals surface area contributed by atoms with Gasteiger partial charge in [-0.3, -0.25) is 0 Å². The zero-order valence-corrected chi connectivity index (χ0v) is 12.9. The minimum atomic E-state index is 0.762. The molecule has 0 spiro atoms. The predicted octanol–water partition coefficient (Wildman–Crippen LogP) is 6.55. The van der Waals surface area contributed by atoms with Crippen molar-refractivity contribution >= 4 is 22.7 Å². The van der Waals surface area contributed by atoms with Crippen molar-refractivity contribution < 1.29 is 0 Å². The quantitative estimate of drug-likeness (QED) is 0.538. The molecule has 0 N–H and O–H groups in total. The lowest BCUT2D eigenvalue weighted by Crippen LogP contribution is -1.98. The molecule has 0 saturated carbocycles. The van der Waals surface area contributed by atoms with Gasteiger partial charge in [0.25, 0.3) is 0 Å². The molecule has 2 heterocycles. The van der Waals surface area contributed by atoms with Crippen LogP contribution in [0.1, 0.15) is 57.4 Å². The summed E-state index contributed by atoms with van der Waals surface area (Å²) in [5.41, 5.74) is 1.60. The van der Waals surface area contributed by atoms with Crippen LogP contribution in [-0.2, 0) is 0 Å². The molecule has 0 aliphatic carbocycles. The van der Waals surface area contributed by atoms with Crippen LogP contribution in [0, 0.1) is 0 Å². The first kappa shape index (κ1) is 13.8. The van der Waals surface area contributed by atoms with E-state index in [1.54, 1.807) is 5.56 Å². The molecule has 18 heavy (non-hydrogen) atoms. The van der Waals surface area contributed by atoms with E-state index in [-0.39, 0.29) is 0 Å². The molecule has 1 unspecified atom stereocenters. The lowest BCUT2D eigenvalue weighted by molar-refractivity contribution is 0.543. The Labute approximate surface area is 119 Å². The molecule has 0 amide bonds. The maximum atomic E-state index is 2.36. The molecule has 0 nitrogen and oxygen atoms in total. The summed E-state index contributed by atoms with van der Waals surface area (Å²) in [6.07, 6.45) is 6.62. The molecule has 0 aromatic carbocycles. The van der Waals surface area contributed by atoms with Gasteiger partial charge in [0.05, 0.1) is 0 Å². The number of thiophene rings is 2. The molecule has 0 saturated heterocycles. The van der Waals surface area contributed by atoms with Gasteiger partial charge in [-0.15, -0.1) is 22.7 Å². The van der Waals surface area contributed by atoms with Crippen molar-refractivity contribution in [1.29, 1.82) is 0 Å². The number of hydrogen-bond donors (Lipinski definition) is 0. The van der Waals surface area contributed by atoms with Gasteiger partial charge in [0, 0.05) is 9.75 Å². The summed E-state index contributed by atoms with van der Waals surface area (Å²) < 4.78 is 0. The van der Waals surface area contributed by atoms with E-state index in [1.165, 1.54) is 41.9 Å². The molecule has 2 aromatic rings. The van der Waals surface area contributed by atoms with E-state index < -0.39 is 0 Å². The second-order valence-electron chi connectivity index (χ2n) is 4.81. The van der Waals surface area contributed by atoms with E-state index in [0.29, 0.717) is 0 Å². The van der Waals surface area contributed by atoms with Gasteiger partial charge in [0.2, 0.25) is 0 Å². The van der Waals surface area contributed by atoms with E-state index in [2.05, 4.69) is 42.8 Å². The third kappa shape index (κ3) is 3.24. The molecule has 2 aromatic heterocycles. The lowest BCUT2D eigenvalue weighted by Gasteiger charge is -2.16. The Kier molecular flexibility index (Phi) is 5.45. The second kappa shape index (κ2) is 7.10. The summed E-state index contributed by atoms with van der Waals surface area (Å²) in [4.78, 5) is 2.96. The molecular weight excluding hydrogens is 256 g/mol. The molecule has 0 bridgehead atoms. The smallest absolute Gasteiger partial charge is 0.0477 e. The van der Waals surface area contributed by atoms with E-state index >= 15 is 0 Å². The highest BCUT2D eigenvalue weighted by Gasteiger charge is 2.16. The van der Waals surface area contributed by atoms with Crippen LogP contribution in [0.5, 0.6) is 0 Å². The van der Waals surface area contributed by atoms with Crippen LogP contribution in [0.15, 0.2) is 29.0 Å². The van der Waals surface area contributed by atoms with Crippen LogP contribution < -0.4 is 0 Å². The van der Waals surface area contributed by atoms with Crippen molar-refractivity contribution in [3.8, 4) is 9.75 Å². The largest absolute Gasteiger partial charge is 0.143 e. The predicted molar refractivity (Wildman–Crippen MR) is 84.8 cm³/mol. The molecule has 2 heteroatoms. The minimum absolute atomic E-state index is 0.762. The van der Waals surface area contributed by atoms with Gasteiger partial charge >= 0.3 is 0 Å². The molecule has 0 aliphatic heterocycles. The molecular formula is C16H22S2. The summed E-state index contributed by atoms with van der Waals surface area (Å²) in [7, 11) is 0. The first-order chi connectivity index (χ1) is 8.86. The fraction of sp³-hybridized carbons (Fsp3) is 0.500. The van der Waals surface area contributed by atoms with Crippen molar-refractivity contribution in [3.63, 3.8) is 0 Å². The first-order valence-electron chi connectivity index (χ1n) is 6.98. The summed E-state index contributed by atoms with van der Waals surface area (Å²) in [6, 6.07) is 6.77. The summed E-state index contributed by atoms with van der Waals surface area (Å²) >= 11 is 3.77. The fourth-order valence-corrected chi connectivity index (χ4v) is 4.38. The maximum Gasteiger partial charge on any atom is 0.0477 e. The molecule has 98 valence electrons. The van der Waals surface area contributed by atoms with Crippen LogP contribution in [0.25, 0.3) is 9.75 Å². The van der Waals surface area contributed by atoms with Gasteiger partial charge in [-0.05, 0) is 47.2 Å². The molecule has 0 aliphatic rings. The average Bonchev–Trinajstić information content (AvgIpc) is 3.03. The minimum Gasteiger partial charge on any atom is -0.143 e. The lowest BCUT2D eigenvalue weighted by atomic mass is 9.90. The normalized spacial score (nSPS) is 12.8. The zero-order valence-electron chi connectivity index (χ0n) is 11.3. The van der Waals surface area contributed by atoms with Crippen LogP contribution in [0.2, 0.25) is 0 Å². The van der Waals surface area contributed by atoms with Crippen LogP contribution in [0.3, 0.4) is 0 Å². The number of rotatable bonds is 7. The number of unbranched alkanes of at least 4 members (excludes halogenated alkanes) is 1. The van der Waals surface area contributed by atoms with E-state index in [4.69, 9.17) is 0 Å². The Hall–Kier alpha value is -0.600. The van der Waals surface area contributed by atoms with Gasteiger partial charge in [0.1, 0.15) is 0 Å². The summed E-state index contributed by atoms with van der Waals surface area (Å²) in [6.45, 7) is 4.59. The van der Waals surface area contributed by atoms with Gasteiger partial charge in [0.15, 0.2) is 0 Å². The van der Waals surface area contributed by atoms with Crippen molar-refractivity contribution in [2.75, 3.05) is 0 Å². The van der Waals surface area contributed by atoms with Gasteiger partial charge in [-0.2, -0.15) is 0 Å². The zero-order chi connectivity index (χ0) is 12.8. The Morgan fingerprint density at radius 3 is 2.56 bits per heavy atom. The molecule has 0 radical (unpaired) electrons. The summed E-state index contributed by atoms with van der Waals surface area (Å²) in [5.74, 6) is 0.762. The Bertz CT molecular complexity index is 439. The van der Waals surface area contributed by atoms with Crippen molar-refractivity contribution in [2.24, 2.45) is 0 Å². The highest BCUT2D eigenvalue weighted by Crippen LogP contribution is 2.40.